The summed E-state index contributed by atoms with van der Waals surface area (Å²) >= 11 is 0. The van der Waals surface area contributed by atoms with E-state index >= 15 is 0 Å². The second-order valence-corrected chi connectivity index (χ2v) is 6.84. The summed E-state index contributed by atoms with van der Waals surface area (Å²) in [4.78, 5) is 25.7. The largest absolute Gasteiger partial charge is 0.374 e. The Morgan fingerprint density at radius 2 is 1.83 bits per heavy atom. The topological polar surface area (TPSA) is 72.7 Å². The highest BCUT2D eigenvalue weighted by Crippen LogP contribution is 2.49. The molecule has 2 aromatic carbocycles. The zero-order valence-corrected chi connectivity index (χ0v) is 12.9. The summed E-state index contributed by atoms with van der Waals surface area (Å²) in [6.07, 6.45) is 2.25. The molecule has 3 heterocycles. The minimum Gasteiger partial charge on any atom is -0.374 e. The standard InChI is InChI=1S/C18H16N2O4/c21-18-17-12(15-7-8-16(17)24-15)9-19(18)13-5-6-14(20(22)23)11-4-2-1-3-10(11)13/h1-6,12,15-17H,7-9H2/t12-,15+,16-,17-/m0/s1. The molecule has 4 atom stereocenters. The van der Waals surface area contributed by atoms with Crippen LogP contribution in [0.3, 0.4) is 0 Å². The number of rotatable bonds is 2. The fourth-order valence-electron chi connectivity index (χ4n) is 4.71. The smallest absolute Gasteiger partial charge is 0.277 e. The Balaban J connectivity index is 1.62. The van der Waals surface area contributed by atoms with Gasteiger partial charge in [-0.25, -0.2) is 0 Å². The lowest BCUT2D eigenvalue weighted by Gasteiger charge is -2.21. The number of nitrogens with zero attached hydrogens (tertiary/aromatic N) is 2. The number of hydrogen-bond donors (Lipinski definition) is 0. The fourth-order valence-corrected chi connectivity index (χ4v) is 4.71. The van der Waals surface area contributed by atoms with Crippen LogP contribution in [0.5, 0.6) is 0 Å². The number of carbonyl (C=O) groups excluding carboxylic acids is 1. The van der Waals surface area contributed by atoms with Gasteiger partial charge in [-0.3, -0.25) is 14.9 Å². The van der Waals surface area contributed by atoms with Crippen molar-refractivity contribution in [2.75, 3.05) is 11.4 Å². The molecule has 3 fully saturated rings. The highest BCUT2D eigenvalue weighted by molar-refractivity contribution is 6.08. The fraction of sp³-hybridized carbons (Fsp3) is 0.389. The van der Waals surface area contributed by atoms with Crippen molar-refractivity contribution in [3.05, 3.63) is 46.5 Å². The van der Waals surface area contributed by atoms with Gasteiger partial charge in [0, 0.05) is 23.9 Å². The number of amides is 1. The summed E-state index contributed by atoms with van der Waals surface area (Å²) < 4.78 is 5.90. The van der Waals surface area contributed by atoms with Crippen molar-refractivity contribution in [1.29, 1.82) is 0 Å². The Morgan fingerprint density at radius 1 is 1.08 bits per heavy atom. The molecule has 0 aromatic heterocycles. The van der Waals surface area contributed by atoms with Gasteiger partial charge in [0.15, 0.2) is 0 Å². The van der Waals surface area contributed by atoms with Crippen molar-refractivity contribution >= 4 is 28.1 Å². The van der Waals surface area contributed by atoms with Crippen LogP contribution >= 0.6 is 0 Å². The molecule has 0 aliphatic carbocycles. The van der Waals surface area contributed by atoms with Gasteiger partial charge in [0.25, 0.3) is 5.69 Å². The van der Waals surface area contributed by atoms with E-state index in [0.717, 1.165) is 23.9 Å². The molecule has 2 bridgehead atoms. The lowest BCUT2D eigenvalue weighted by atomic mass is 9.81. The van der Waals surface area contributed by atoms with Crippen LogP contribution in [0.15, 0.2) is 36.4 Å². The summed E-state index contributed by atoms with van der Waals surface area (Å²) in [5.41, 5.74) is 0.847. The lowest BCUT2D eigenvalue weighted by molar-refractivity contribution is -0.383. The average molecular weight is 324 g/mol. The van der Waals surface area contributed by atoms with Crippen molar-refractivity contribution < 1.29 is 14.5 Å². The first-order chi connectivity index (χ1) is 11.6. The van der Waals surface area contributed by atoms with Crippen LogP contribution < -0.4 is 4.90 Å². The summed E-state index contributed by atoms with van der Waals surface area (Å²) in [5, 5.41) is 12.6. The zero-order valence-electron chi connectivity index (χ0n) is 12.9. The van der Waals surface area contributed by atoms with Crippen molar-refractivity contribution in [3.63, 3.8) is 0 Å². The summed E-state index contributed by atoms with van der Waals surface area (Å²) in [7, 11) is 0. The summed E-state index contributed by atoms with van der Waals surface area (Å²) in [6.45, 7) is 0.645. The number of hydrogen-bond acceptors (Lipinski definition) is 4. The highest BCUT2D eigenvalue weighted by Gasteiger charge is 2.57. The van der Waals surface area contributed by atoms with E-state index in [0.29, 0.717) is 11.9 Å². The average Bonchev–Trinajstić information content (AvgIpc) is 3.27. The van der Waals surface area contributed by atoms with E-state index in [1.807, 2.05) is 17.0 Å². The van der Waals surface area contributed by atoms with Gasteiger partial charge in [-0.15, -0.1) is 0 Å². The molecule has 24 heavy (non-hydrogen) atoms. The third kappa shape index (κ3) is 1.72. The van der Waals surface area contributed by atoms with E-state index < -0.39 is 0 Å². The van der Waals surface area contributed by atoms with Crippen LogP contribution in [0.1, 0.15) is 12.8 Å². The number of carbonyl (C=O) groups is 1. The van der Waals surface area contributed by atoms with Crippen LogP contribution in [0.2, 0.25) is 0 Å². The van der Waals surface area contributed by atoms with Crippen molar-refractivity contribution in [3.8, 4) is 0 Å². The monoisotopic (exact) mass is 324 g/mol. The predicted octanol–water partition coefficient (Wildman–Crippen LogP) is 2.89. The van der Waals surface area contributed by atoms with Crippen LogP contribution in [-0.4, -0.2) is 29.6 Å². The molecule has 5 rings (SSSR count). The van der Waals surface area contributed by atoms with Gasteiger partial charge in [-0.1, -0.05) is 18.2 Å². The van der Waals surface area contributed by atoms with Gasteiger partial charge in [0.2, 0.25) is 5.91 Å². The summed E-state index contributed by atoms with van der Waals surface area (Å²) in [5.74, 6) is 0.314. The maximum atomic E-state index is 13.0. The van der Waals surface area contributed by atoms with Gasteiger partial charge >= 0.3 is 0 Å². The molecule has 6 nitrogen and oxygen atoms in total. The minimum absolute atomic E-state index is 0.0438. The molecule has 122 valence electrons. The third-order valence-corrected chi connectivity index (χ3v) is 5.73. The van der Waals surface area contributed by atoms with E-state index in [-0.39, 0.29) is 40.6 Å². The minimum atomic E-state index is -0.374. The number of nitro groups is 1. The molecule has 0 saturated carbocycles. The number of fused-ring (bicyclic) bond motifs is 6. The van der Waals surface area contributed by atoms with Gasteiger partial charge in [-0.2, -0.15) is 0 Å². The molecule has 3 aliphatic rings. The molecule has 6 heteroatoms. The Morgan fingerprint density at radius 3 is 2.58 bits per heavy atom. The number of non-ortho nitro benzene ring substituents is 1. The molecular weight excluding hydrogens is 308 g/mol. The van der Waals surface area contributed by atoms with Crippen molar-refractivity contribution in [2.45, 2.75) is 25.0 Å². The summed E-state index contributed by atoms with van der Waals surface area (Å²) in [6, 6.07) is 10.4. The molecule has 2 aromatic rings. The van der Waals surface area contributed by atoms with Gasteiger partial charge < -0.3 is 9.64 Å². The van der Waals surface area contributed by atoms with Crippen LogP contribution in [-0.2, 0) is 9.53 Å². The Kier molecular flexibility index (Phi) is 2.77. The number of anilines is 1. The van der Waals surface area contributed by atoms with Crippen molar-refractivity contribution in [1.82, 2.24) is 0 Å². The second kappa shape index (κ2) is 4.77. The number of benzene rings is 2. The first kappa shape index (κ1) is 13.9. The van der Waals surface area contributed by atoms with E-state index in [2.05, 4.69) is 0 Å². The maximum absolute atomic E-state index is 13.0. The molecule has 0 radical (unpaired) electrons. The van der Waals surface area contributed by atoms with Gasteiger partial charge in [-0.05, 0) is 25.0 Å². The molecule has 1 amide bonds. The van der Waals surface area contributed by atoms with Crippen molar-refractivity contribution in [2.24, 2.45) is 11.8 Å². The van der Waals surface area contributed by atoms with Crippen LogP contribution in [0, 0.1) is 22.0 Å². The predicted molar refractivity (Wildman–Crippen MR) is 87.8 cm³/mol. The van der Waals surface area contributed by atoms with E-state index in [4.69, 9.17) is 4.74 Å². The van der Waals surface area contributed by atoms with Gasteiger partial charge in [0.05, 0.1) is 34.1 Å². The van der Waals surface area contributed by atoms with E-state index in [9.17, 15) is 14.9 Å². The molecule has 0 spiro atoms. The quantitative estimate of drug-likeness (QED) is 0.629. The SMILES string of the molecule is O=C1[C@H]2[C@@H](CN1c1ccc([N+](=O)[O-])c3ccccc13)[C@H]1CC[C@@H]2O1. The number of nitro benzene ring substituents is 1. The molecule has 3 aliphatic heterocycles. The maximum Gasteiger partial charge on any atom is 0.277 e. The molecule has 0 unspecified atom stereocenters. The van der Waals surface area contributed by atoms with Crippen LogP contribution in [0.25, 0.3) is 10.8 Å². The van der Waals surface area contributed by atoms with Gasteiger partial charge in [0.1, 0.15) is 0 Å². The Bertz CT molecular complexity index is 880. The second-order valence-electron chi connectivity index (χ2n) is 6.84. The number of ether oxygens (including phenoxy) is 1. The third-order valence-electron chi connectivity index (χ3n) is 5.73. The molecular formula is C18H16N2O4. The molecule has 3 saturated heterocycles. The lowest BCUT2D eigenvalue weighted by Crippen LogP contribution is -2.31. The molecule has 0 N–H and O–H groups in total. The highest BCUT2D eigenvalue weighted by atomic mass is 16.6. The first-order valence-electron chi connectivity index (χ1n) is 8.28. The van der Waals surface area contributed by atoms with Crippen LogP contribution in [0.4, 0.5) is 11.4 Å². The van der Waals surface area contributed by atoms with E-state index in [1.54, 1.807) is 18.2 Å². The zero-order chi connectivity index (χ0) is 16.4. The first-order valence-corrected chi connectivity index (χ1v) is 8.28. The normalized spacial score (nSPS) is 31.0. The van der Waals surface area contributed by atoms with E-state index in [1.165, 1.54) is 6.07 Å². The Hall–Kier alpha value is -2.47. The Labute approximate surface area is 138 Å².